The summed E-state index contributed by atoms with van der Waals surface area (Å²) in [5, 5.41) is 29.9. The fraction of sp³-hybridized carbons (Fsp3) is 0.792. The van der Waals surface area contributed by atoms with Gasteiger partial charge in [-0.05, 0) is 32.1 Å². The monoisotopic (exact) mass is 487 g/mol. The molecule has 0 heterocycles. The molecule has 0 fully saturated rings. The summed E-state index contributed by atoms with van der Waals surface area (Å²) in [4.78, 5) is 56.7. The van der Waals surface area contributed by atoms with Crippen LogP contribution in [0.2, 0.25) is 0 Å². The van der Waals surface area contributed by atoms with E-state index in [1.54, 1.807) is 0 Å². The molecule has 196 valence electrons. The number of unbranched alkanes of at least 4 members (excludes halogenated alkanes) is 8. The Balaban J connectivity index is 4.36. The average Bonchev–Trinajstić information content (AvgIpc) is 2.77. The molecular formula is C24H41NO9. The van der Waals surface area contributed by atoms with Gasteiger partial charge in [0.05, 0.1) is 7.11 Å². The van der Waals surface area contributed by atoms with E-state index in [1.165, 1.54) is 7.11 Å². The number of ether oxygens (including phenoxy) is 1. The van der Waals surface area contributed by atoms with E-state index in [0.717, 1.165) is 51.4 Å². The van der Waals surface area contributed by atoms with Gasteiger partial charge in [0.25, 0.3) is 0 Å². The van der Waals surface area contributed by atoms with E-state index < -0.39 is 23.4 Å². The van der Waals surface area contributed by atoms with E-state index >= 15 is 0 Å². The molecule has 0 bridgehead atoms. The van der Waals surface area contributed by atoms with Gasteiger partial charge in [0.1, 0.15) is 0 Å². The first kappa shape index (κ1) is 31.4. The zero-order chi connectivity index (χ0) is 25.8. The molecule has 0 aliphatic heterocycles. The van der Waals surface area contributed by atoms with Crippen LogP contribution in [0.4, 0.5) is 0 Å². The Kier molecular flexibility index (Phi) is 17.3. The first-order valence-corrected chi connectivity index (χ1v) is 12.1. The number of carbonyl (C=O) groups is 5. The molecule has 0 unspecified atom stereocenters. The quantitative estimate of drug-likeness (QED) is 0.131. The molecular weight excluding hydrogens is 446 g/mol. The molecule has 1 amide bonds. The molecule has 10 nitrogen and oxygen atoms in total. The van der Waals surface area contributed by atoms with Crippen molar-refractivity contribution in [3.8, 4) is 0 Å². The van der Waals surface area contributed by atoms with Crippen LogP contribution in [0, 0.1) is 0 Å². The SMILES string of the molecule is COC(=O)CCCCCCCCCCCC(=O)NC(CCC(=O)O)(CCC(=O)O)CCC(=O)O. The number of nitrogens with one attached hydrogen (secondary N) is 1. The Hall–Kier alpha value is -2.65. The van der Waals surface area contributed by atoms with Crippen molar-refractivity contribution >= 4 is 29.8 Å². The number of rotatable bonds is 22. The topological polar surface area (TPSA) is 167 Å². The number of aliphatic carboxylic acids is 3. The molecule has 0 aliphatic carbocycles. The highest BCUT2D eigenvalue weighted by Gasteiger charge is 2.33. The third-order valence-corrected chi connectivity index (χ3v) is 5.87. The molecule has 0 radical (unpaired) electrons. The number of carbonyl (C=O) groups excluding carboxylic acids is 2. The van der Waals surface area contributed by atoms with Gasteiger partial charge in [-0.2, -0.15) is 0 Å². The zero-order valence-electron chi connectivity index (χ0n) is 20.3. The van der Waals surface area contributed by atoms with Crippen LogP contribution >= 0.6 is 0 Å². The van der Waals surface area contributed by atoms with Gasteiger partial charge in [-0.1, -0.05) is 44.9 Å². The summed E-state index contributed by atoms with van der Waals surface area (Å²) >= 11 is 0. The Morgan fingerprint density at radius 3 is 1.29 bits per heavy atom. The van der Waals surface area contributed by atoms with Crippen LogP contribution in [0.5, 0.6) is 0 Å². The van der Waals surface area contributed by atoms with E-state index in [2.05, 4.69) is 10.1 Å². The van der Waals surface area contributed by atoms with Gasteiger partial charge in [-0.25, -0.2) is 0 Å². The molecule has 0 spiro atoms. The average molecular weight is 488 g/mol. The molecule has 4 N–H and O–H groups in total. The third-order valence-electron chi connectivity index (χ3n) is 5.87. The van der Waals surface area contributed by atoms with Crippen LogP contribution in [0.25, 0.3) is 0 Å². The van der Waals surface area contributed by atoms with Crippen molar-refractivity contribution in [2.45, 2.75) is 115 Å². The molecule has 0 aliphatic rings. The van der Waals surface area contributed by atoms with Crippen molar-refractivity contribution in [1.82, 2.24) is 5.32 Å². The number of hydrogen-bond acceptors (Lipinski definition) is 6. The van der Waals surface area contributed by atoms with Crippen LogP contribution in [0.3, 0.4) is 0 Å². The maximum atomic E-state index is 12.5. The Bertz CT molecular complexity index is 603. The molecule has 0 aromatic rings. The first-order chi connectivity index (χ1) is 16.1. The second kappa shape index (κ2) is 18.7. The zero-order valence-corrected chi connectivity index (χ0v) is 20.3. The number of methoxy groups -OCH3 is 1. The minimum absolute atomic E-state index is 0.0196. The predicted octanol–water partition coefficient (Wildman–Crippen LogP) is 3.90. The van der Waals surface area contributed by atoms with Crippen LogP contribution < -0.4 is 5.32 Å². The molecule has 0 rings (SSSR count). The third kappa shape index (κ3) is 17.9. The fourth-order valence-corrected chi connectivity index (χ4v) is 3.85. The minimum atomic E-state index is -1.17. The lowest BCUT2D eigenvalue weighted by atomic mass is 9.83. The van der Waals surface area contributed by atoms with Crippen molar-refractivity contribution in [1.29, 1.82) is 0 Å². The molecule has 0 saturated carbocycles. The van der Waals surface area contributed by atoms with Gasteiger partial charge in [0, 0.05) is 37.6 Å². The Labute approximate surface area is 201 Å². The van der Waals surface area contributed by atoms with Gasteiger partial charge in [-0.15, -0.1) is 0 Å². The number of carboxylic acid groups (broad SMARTS) is 3. The second-order valence-electron chi connectivity index (χ2n) is 8.77. The Morgan fingerprint density at radius 1 is 0.588 bits per heavy atom. The summed E-state index contributed by atoms with van der Waals surface area (Å²) < 4.78 is 4.60. The molecule has 0 saturated heterocycles. The molecule has 34 heavy (non-hydrogen) atoms. The maximum absolute atomic E-state index is 12.5. The van der Waals surface area contributed by atoms with Gasteiger partial charge >= 0.3 is 23.9 Å². The summed E-state index contributed by atoms with van der Waals surface area (Å²) in [7, 11) is 1.39. The highest BCUT2D eigenvalue weighted by Crippen LogP contribution is 2.26. The van der Waals surface area contributed by atoms with Gasteiger partial charge < -0.3 is 25.4 Å². The van der Waals surface area contributed by atoms with Crippen molar-refractivity contribution in [3.63, 3.8) is 0 Å². The normalized spacial score (nSPS) is 11.1. The van der Waals surface area contributed by atoms with Crippen LogP contribution in [-0.4, -0.2) is 57.8 Å². The summed E-state index contributed by atoms with van der Waals surface area (Å²) in [5.41, 5.74) is -1.17. The first-order valence-electron chi connectivity index (χ1n) is 12.1. The van der Waals surface area contributed by atoms with Crippen molar-refractivity contribution < 1.29 is 44.0 Å². The lowest BCUT2D eigenvalue weighted by Crippen LogP contribution is -2.49. The smallest absolute Gasteiger partial charge is 0.305 e. The Morgan fingerprint density at radius 2 is 0.941 bits per heavy atom. The van der Waals surface area contributed by atoms with E-state index in [4.69, 9.17) is 15.3 Å². The lowest BCUT2D eigenvalue weighted by molar-refractivity contribution is -0.141. The van der Waals surface area contributed by atoms with E-state index in [-0.39, 0.29) is 56.8 Å². The largest absolute Gasteiger partial charge is 0.481 e. The number of carboxylic acids is 3. The van der Waals surface area contributed by atoms with Crippen molar-refractivity contribution in [2.24, 2.45) is 0 Å². The van der Waals surface area contributed by atoms with E-state index in [1.807, 2.05) is 0 Å². The van der Waals surface area contributed by atoms with Gasteiger partial charge in [-0.3, -0.25) is 24.0 Å². The minimum Gasteiger partial charge on any atom is -0.481 e. The second-order valence-corrected chi connectivity index (χ2v) is 8.77. The standard InChI is InChI=1S/C24H41NO9/c1-34-23(33)12-10-8-6-4-2-3-5-7-9-11-19(26)25-24(16-13-20(27)28,17-14-21(29)30)18-15-22(31)32/h2-18H2,1H3,(H,25,26)(H,27,28)(H,29,30)(H,31,32). The fourth-order valence-electron chi connectivity index (χ4n) is 3.85. The number of hydrogen-bond donors (Lipinski definition) is 4. The van der Waals surface area contributed by atoms with Gasteiger partial charge in [0.2, 0.25) is 5.91 Å². The van der Waals surface area contributed by atoms with E-state index in [0.29, 0.717) is 12.8 Å². The summed E-state index contributed by atoms with van der Waals surface area (Å²) in [6.07, 6.45) is 8.42. The summed E-state index contributed by atoms with van der Waals surface area (Å²) in [6, 6.07) is 0. The number of esters is 1. The van der Waals surface area contributed by atoms with E-state index in [9.17, 15) is 24.0 Å². The summed E-state index contributed by atoms with van der Waals surface area (Å²) in [5.74, 6) is -3.76. The molecule has 10 heteroatoms. The maximum Gasteiger partial charge on any atom is 0.305 e. The lowest BCUT2D eigenvalue weighted by Gasteiger charge is -2.34. The van der Waals surface area contributed by atoms with Crippen LogP contribution in [0.1, 0.15) is 109 Å². The predicted molar refractivity (Wildman–Crippen MR) is 124 cm³/mol. The van der Waals surface area contributed by atoms with Crippen molar-refractivity contribution in [3.05, 3.63) is 0 Å². The highest BCUT2D eigenvalue weighted by atomic mass is 16.5. The van der Waals surface area contributed by atoms with Crippen LogP contribution in [-0.2, 0) is 28.7 Å². The summed E-state index contributed by atoms with van der Waals surface area (Å²) in [6.45, 7) is 0. The van der Waals surface area contributed by atoms with Crippen LogP contribution in [0.15, 0.2) is 0 Å². The van der Waals surface area contributed by atoms with Gasteiger partial charge in [0.15, 0.2) is 0 Å². The number of amides is 1. The molecule has 0 aromatic carbocycles. The molecule has 0 atom stereocenters. The van der Waals surface area contributed by atoms with Crippen molar-refractivity contribution in [2.75, 3.05) is 7.11 Å². The highest BCUT2D eigenvalue weighted by molar-refractivity contribution is 5.77. The molecule has 0 aromatic heterocycles.